The zero-order chi connectivity index (χ0) is 15.6. The highest BCUT2D eigenvalue weighted by atomic mass is 19.1. The Hall–Kier alpha value is -2.11. The molecule has 0 aromatic heterocycles. The van der Waals surface area contributed by atoms with E-state index in [0.717, 1.165) is 18.4 Å². The van der Waals surface area contributed by atoms with Gasteiger partial charge in [0.2, 0.25) is 5.91 Å². The SMILES string of the molecule is C=C(/C(F)=C\C1=C(C)CCCO1)[C@@H]1CNC(=O)[C@H]1C(=O)O. The number of rotatable bonds is 4. The van der Waals surface area contributed by atoms with E-state index in [2.05, 4.69) is 11.9 Å². The number of carboxylic acids is 1. The molecule has 0 aliphatic carbocycles. The number of ether oxygens (including phenoxy) is 1. The summed E-state index contributed by atoms with van der Waals surface area (Å²) >= 11 is 0. The van der Waals surface area contributed by atoms with Crippen molar-refractivity contribution in [1.82, 2.24) is 5.32 Å². The van der Waals surface area contributed by atoms with E-state index in [1.165, 1.54) is 6.08 Å². The number of amides is 1. The van der Waals surface area contributed by atoms with E-state index in [0.29, 0.717) is 12.4 Å². The lowest BCUT2D eigenvalue weighted by Crippen LogP contribution is -2.28. The predicted molar refractivity (Wildman–Crippen MR) is 73.8 cm³/mol. The van der Waals surface area contributed by atoms with Crippen LogP contribution in [-0.4, -0.2) is 30.1 Å². The molecule has 2 rings (SSSR count). The first-order valence-corrected chi connectivity index (χ1v) is 6.81. The molecule has 2 aliphatic heterocycles. The average Bonchev–Trinajstić information content (AvgIpc) is 2.82. The number of aliphatic carboxylic acids is 1. The van der Waals surface area contributed by atoms with Gasteiger partial charge in [-0.25, -0.2) is 4.39 Å². The molecule has 0 spiro atoms. The van der Waals surface area contributed by atoms with Gasteiger partial charge in [0.15, 0.2) is 0 Å². The molecule has 2 heterocycles. The highest BCUT2D eigenvalue weighted by Crippen LogP contribution is 2.31. The molecule has 6 heteroatoms. The normalized spacial score (nSPS) is 26.4. The lowest BCUT2D eigenvalue weighted by Gasteiger charge is -2.18. The fraction of sp³-hybridized carbons (Fsp3) is 0.467. The van der Waals surface area contributed by atoms with Crippen LogP contribution in [0, 0.1) is 11.8 Å². The van der Waals surface area contributed by atoms with Crippen LogP contribution in [0.5, 0.6) is 0 Å². The summed E-state index contributed by atoms with van der Waals surface area (Å²) in [6, 6.07) is 0. The molecular formula is C15H18FNO4. The Morgan fingerprint density at radius 1 is 1.57 bits per heavy atom. The van der Waals surface area contributed by atoms with Crippen LogP contribution in [0.1, 0.15) is 19.8 Å². The minimum Gasteiger partial charge on any atom is -0.494 e. The maximum Gasteiger partial charge on any atom is 0.316 e. The van der Waals surface area contributed by atoms with E-state index in [4.69, 9.17) is 9.84 Å². The summed E-state index contributed by atoms with van der Waals surface area (Å²) < 4.78 is 19.7. The van der Waals surface area contributed by atoms with Gasteiger partial charge >= 0.3 is 5.97 Å². The number of halogens is 1. The van der Waals surface area contributed by atoms with Crippen LogP contribution in [0.25, 0.3) is 0 Å². The van der Waals surface area contributed by atoms with Crippen LogP contribution < -0.4 is 5.32 Å². The van der Waals surface area contributed by atoms with Crippen molar-refractivity contribution in [3.8, 4) is 0 Å². The molecule has 0 bridgehead atoms. The Morgan fingerprint density at radius 3 is 2.90 bits per heavy atom. The summed E-state index contributed by atoms with van der Waals surface area (Å²) in [4.78, 5) is 22.6. The van der Waals surface area contributed by atoms with Crippen LogP contribution in [-0.2, 0) is 14.3 Å². The van der Waals surface area contributed by atoms with Gasteiger partial charge in [-0.05, 0) is 30.9 Å². The second-order valence-electron chi connectivity index (χ2n) is 5.28. The molecule has 1 amide bonds. The van der Waals surface area contributed by atoms with Gasteiger partial charge in [0, 0.05) is 18.5 Å². The zero-order valence-corrected chi connectivity index (χ0v) is 11.8. The maximum atomic E-state index is 14.3. The third kappa shape index (κ3) is 3.15. The Balaban J connectivity index is 2.19. The Bertz CT molecular complexity index is 550. The van der Waals surface area contributed by atoms with Gasteiger partial charge in [0.25, 0.3) is 0 Å². The average molecular weight is 295 g/mol. The quantitative estimate of drug-likeness (QED) is 0.614. The van der Waals surface area contributed by atoms with Crippen LogP contribution >= 0.6 is 0 Å². The van der Waals surface area contributed by atoms with Crippen molar-refractivity contribution in [2.45, 2.75) is 19.8 Å². The second-order valence-corrected chi connectivity index (χ2v) is 5.28. The van der Waals surface area contributed by atoms with Gasteiger partial charge in [0.1, 0.15) is 17.5 Å². The molecule has 21 heavy (non-hydrogen) atoms. The van der Waals surface area contributed by atoms with Crippen molar-refractivity contribution in [3.63, 3.8) is 0 Å². The van der Waals surface area contributed by atoms with Crippen molar-refractivity contribution in [2.75, 3.05) is 13.2 Å². The molecule has 2 N–H and O–H groups in total. The van der Waals surface area contributed by atoms with E-state index >= 15 is 0 Å². The topological polar surface area (TPSA) is 75.6 Å². The predicted octanol–water partition coefficient (Wildman–Crippen LogP) is 1.93. The van der Waals surface area contributed by atoms with Crippen molar-refractivity contribution in [1.29, 1.82) is 0 Å². The fourth-order valence-electron chi connectivity index (χ4n) is 2.55. The van der Waals surface area contributed by atoms with Crippen molar-refractivity contribution in [2.24, 2.45) is 11.8 Å². The zero-order valence-electron chi connectivity index (χ0n) is 11.8. The summed E-state index contributed by atoms with van der Waals surface area (Å²) in [6.07, 6.45) is 2.97. The van der Waals surface area contributed by atoms with Crippen LogP contribution in [0.2, 0.25) is 0 Å². The number of nitrogens with one attached hydrogen (secondary N) is 1. The lowest BCUT2D eigenvalue weighted by atomic mass is 9.88. The second kappa shape index (κ2) is 6.11. The standard InChI is InChI=1S/C15H18FNO4/c1-8-4-3-5-21-12(8)6-11(16)9(2)10-7-17-14(18)13(10)15(19)20/h6,10,13H,2-5,7H2,1H3,(H,17,18)(H,19,20)/b11-6+/t10-,13-/m0/s1. The largest absolute Gasteiger partial charge is 0.494 e. The third-order valence-corrected chi connectivity index (χ3v) is 3.83. The van der Waals surface area contributed by atoms with Crippen molar-refractivity contribution in [3.05, 3.63) is 35.4 Å². The Morgan fingerprint density at radius 2 is 2.29 bits per heavy atom. The van der Waals surface area contributed by atoms with Crippen LogP contribution in [0.15, 0.2) is 35.4 Å². The van der Waals surface area contributed by atoms with Gasteiger partial charge in [-0.15, -0.1) is 0 Å². The van der Waals surface area contributed by atoms with Gasteiger partial charge in [-0.2, -0.15) is 0 Å². The molecule has 2 aliphatic rings. The summed E-state index contributed by atoms with van der Waals surface area (Å²) in [7, 11) is 0. The molecule has 114 valence electrons. The minimum atomic E-state index is -1.29. The molecule has 0 saturated carbocycles. The molecule has 2 atom stereocenters. The van der Waals surface area contributed by atoms with Gasteiger partial charge in [0.05, 0.1) is 6.61 Å². The molecule has 0 unspecified atom stereocenters. The van der Waals surface area contributed by atoms with Gasteiger partial charge in [-0.3, -0.25) is 9.59 Å². The summed E-state index contributed by atoms with van der Waals surface area (Å²) in [5.74, 6) is -4.13. The monoisotopic (exact) mass is 295 g/mol. The molecule has 1 fully saturated rings. The van der Waals surface area contributed by atoms with Crippen molar-refractivity contribution >= 4 is 11.9 Å². The van der Waals surface area contributed by atoms with Crippen LogP contribution in [0.3, 0.4) is 0 Å². The van der Waals surface area contributed by atoms with Crippen LogP contribution in [0.4, 0.5) is 4.39 Å². The third-order valence-electron chi connectivity index (χ3n) is 3.83. The fourth-order valence-corrected chi connectivity index (χ4v) is 2.55. The van der Waals surface area contributed by atoms with E-state index in [1.807, 2.05) is 6.92 Å². The molecule has 5 nitrogen and oxygen atoms in total. The Kier molecular flexibility index (Phi) is 4.45. The molecule has 0 radical (unpaired) electrons. The summed E-state index contributed by atoms with van der Waals surface area (Å²) in [5.41, 5.74) is 0.954. The number of hydrogen-bond donors (Lipinski definition) is 2. The lowest BCUT2D eigenvalue weighted by molar-refractivity contribution is -0.146. The maximum absolute atomic E-state index is 14.3. The van der Waals surface area contributed by atoms with Gasteiger partial charge < -0.3 is 15.2 Å². The number of carbonyl (C=O) groups is 2. The minimum absolute atomic E-state index is 0.00947. The summed E-state index contributed by atoms with van der Waals surface area (Å²) in [6.45, 7) is 6.09. The molecule has 0 aromatic carbocycles. The van der Waals surface area contributed by atoms with Gasteiger partial charge in [-0.1, -0.05) is 6.58 Å². The van der Waals surface area contributed by atoms with E-state index in [-0.39, 0.29) is 12.1 Å². The highest BCUT2D eigenvalue weighted by Gasteiger charge is 2.42. The number of allylic oxidation sites excluding steroid dienone is 3. The first-order chi connectivity index (χ1) is 9.91. The number of carbonyl (C=O) groups excluding carboxylic acids is 1. The smallest absolute Gasteiger partial charge is 0.316 e. The molecule has 0 aromatic rings. The summed E-state index contributed by atoms with van der Waals surface area (Å²) in [5, 5.41) is 11.5. The number of carboxylic acid groups (broad SMARTS) is 1. The highest BCUT2D eigenvalue weighted by molar-refractivity contribution is 5.99. The van der Waals surface area contributed by atoms with E-state index in [9.17, 15) is 14.0 Å². The van der Waals surface area contributed by atoms with E-state index in [1.54, 1.807) is 0 Å². The van der Waals surface area contributed by atoms with Crippen molar-refractivity contribution < 1.29 is 23.8 Å². The number of hydrogen-bond acceptors (Lipinski definition) is 3. The molecule has 1 saturated heterocycles. The first kappa shape index (κ1) is 15.3. The first-order valence-electron chi connectivity index (χ1n) is 6.81. The Labute approximate surface area is 122 Å². The van der Waals surface area contributed by atoms with E-state index < -0.39 is 29.5 Å². The molecular weight excluding hydrogens is 277 g/mol.